The minimum Gasteiger partial charge on any atom is -0.336 e. The molecule has 0 radical (unpaired) electrons. The van der Waals surface area contributed by atoms with Crippen molar-refractivity contribution in [1.29, 1.82) is 0 Å². The Hall–Kier alpha value is -0.730. The van der Waals surface area contributed by atoms with Gasteiger partial charge in [-0.2, -0.15) is 0 Å². The van der Waals surface area contributed by atoms with Gasteiger partial charge in [-0.3, -0.25) is 4.79 Å². The van der Waals surface area contributed by atoms with Crippen LogP contribution in [0.1, 0.15) is 43.0 Å². The summed E-state index contributed by atoms with van der Waals surface area (Å²) in [5, 5.41) is 0.996. The van der Waals surface area contributed by atoms with Crippen LogP contribution in [0.2, 0.25) is 10.0 Å². The summed E-state index contributed by atoms with van der Waals surface area (Å²) < 4.78 is 0. The summed E-state index contributed by atoms with van der Waals surface area (Å²) in [6, 6.07) is 5.40. The third-order valence-corrected chi connectivity index (χ3v) is 4.07. The second kappa shape index (κ2) is 5.94. The van der Waals surface area contributed by atoms with Crippen LogP contribution in [0.5, 0.6) is 0 Å². The van der Waals surface area contributed by atoms with Crippen LogP contribution in [0, 0.1) is 0 Å². The van der Waals surface area contributed by atoms with Crippen LogP contribution in [0.25, 0.3) is 0 Å². The van der Waals surface area contributed by atoms with Gasteiger partial charge in [0.25, 0.3) is 5.91 Å². The van der Waals surface area contributed by atoms with E-state index < -0.39 is 0 Å². The van der Waals surface area contributed by atoms with Crippen molar-refractivity contribution in [2.24, 2.45) is 0 Å². The standard InChI is InChI=1S/C14H17Cl2NO/c1-2-11-5-3-4-8-17(11)14(18)12-7-6-10(15)9-13(12)16/h6-7,9,11H,2-5,8H2,1H3/t11-/m0/s1. The second-order valence-corrected chi connectivity index (χ2v) is 5.52. The zero-order valence-electron chi connectivity index (χ0n) is 10.5. The highest BCUT2D eigenvalue weighted by molar-refractivity contribution is 6.36. The maximum Gasteiger partial charge on any atom is 0.255 e. The third kappa shape index (κ3) is 2.81. The van der Waals surface area contributed by atoms with Crippen molar-refractivity contribution >= 4 is 29.1 Å². The molecule has 1 heterocycles. The SMILES string of the molecule is CC[C@H]1CCCCN1C(=O)c1ccc(Cl)cc1Cl. The lowest BCUT2D eigenvalue weighted by Crippen LogP contribution is -2.43. The minimum atomic E-state index is 0.0308. The van der Waals surface area contributed by atoms with Gasteiger partial charge in [-0.1, -0.05) is 30.1 Å². The van der Waals surface area contributed by atoms with E-state index in [0.29, 0.717) is 21.7 Å². The van der Waals surface area contributed by atoms with Gasteiger partial charge in [0, 0.05) is 17.6 Å². The van der Waals surface area contributed by atoms with Crippen molar-refractivity contribution < 1.29 is 4.79 Å². The number of rotatable bonds is 2. The van der Waals surface area contributed by atoms with E-state index in [1.165, 1.54) is 6.42 Å². The molecular weight excluding hydrogens is 269 g/mol. The lowest BCUT2D eigenvalue weighted by atomic mass is 9.99. The van der Waals surface area contributed by atoms with Gasteiger partial charge in [0.1, 0.15) is 0 Å². The Balaban J connectivity index is 2.24. The average molecular weight is 286 g/mol. The van der Waals surface area contributed by atoms with Gasteiger partial charge in [-0.15, -0.1) is 0 Å². The number of carbonyl (C=O) groups is 1. The first-order valence-corrected chi connectivity index (χ1v) is 7.15. The molecule has 4 heteroatoms. The van der Waals surface area contributed by atoms with Gasteiger partial charge in [0.15, 0.2) is 0 Å². The van der Waals surface area contributed by atoms with Crippen molar-refractivity contribution in [1.82, 2.24) is 4.90 Å². The highest BCUT2D eigenvalue weighted by atomic mass is 35.5. The molecule has 1 aromatic carbocycles. The largest absolute Gasteiger partial charge is 0.336 e. The van der Waals surface area contributed by atoms with Crippen molar-refractivity contribution in [3.8, 4) is 0 Å². The van der Waals surface area contributed by atoms with Gasteiger partial charge in [-0.05, 0) is 43.9 Å². The molecule has 0 bridgehead atoms. The highest BCUT2D eigenvalue weighted by Crippen LogP contribution is 2.26. The first kappa shape index (κ1) is 13.7. The zero-order valence-corrected chi connectivity index (χ0v) is 12.0. The van der Waals surface area contributed by atoms with Gasteiger partial charge in [-0.25, -0.2) is 0 Å². The van der Waals surface area contributed by atoms with E-state index in [9.17, 15) is 4.79 Å². The summed E-state index contributed by atoms with van der Waals surface area (Å²) in [5.74, 6) is 0.0308. The van der Waals surface area contributed by atoms with Gasteiger partial charge >= 0.3 is 0 Å². The fraction of sp³-hybridized carbons (Fsp3) is 0.500. The van der Waals surface area contributed by atoms with Gasteiger partial charge in [0.2, 0.25) is 0 Å². The maximum absolute atomic E-state index is 12.5. The van der Waals surface area contributed by atoms with E-state index in [1.807, 2.05) is 4.90 Å². The summed E-state index contributed by atoms with van der Waals surface area (Å²) in [5.41, 5.74) is 0.557. The fourth-order valence-corrected chi connectivity index (χ4v) is 3.00. The second-order valence-electron chi connectivity index (χ2n) is 4.68. The molecule has 1 fully saturated rings. The molecule has 1 aromatic rings. The van der Waals surface area contributed by atoms with Crippen LogP contribution in [0.3, 0.4) is 0 Å². The molecule has 18 heavy (non-hydrogen) atoms. The Morgan fingerprint density at radius 1 is 1.39 bits per heavy atom. The Morgan fingerprint density at radius 3 is 2.83 bits per heavy atom. The number of piperidine rings is 1. The lowest BCUT2D eigenvalue weighted by molar-refractivity contribution is 0.0608. The summed E-state index contributed by atoms with van der Waals surface area (Å²) >= 11 is 12.0. The quantitative estimate of drug-likeness (QED) is 0.789. The van der Waals surface area contributed by atoms with E-state index in [-0.39, 0.29) is 5.91 Å². The first-order valence-electron chi connectivity index (χ1n) is 6.39. The predicted molar refractivity (Wildman–Crippen MR) is 75.4 cm³/mol. The topological polar surface area (TPSA) is 20.3 Å². The molecular formula is C14H17Cl2NO. The lowest BCUT2D eigenvalue weighted by Gasteiger charge is -2.35. The smallest absolute Gasteiger partial charge is 0.255 e. The molecule has 0 N–H and O–H groups in total. The number of hydrogen-bond acceptors (Lipinski definition) is 1. The molecule has 2 nitrogen and oxygen atoms in total. The predicted octanol–water partition coefficient (Wildman–Crippen LogP) is 4.40. The molecule has 0 unspecified atom stereocenters. The van der Waals surface area contributed by atoms with E-state index >= 15 is 0 Å². The average Bonchev–Trinajstić information content (AvgIpc) is 2.38. The first-order chi connectivity index (χ1) is 8.63. The molecule has 0 aliphatic carbocycles. The number of amides is 1. The molecule has 1 aliphatic heterocycles. The Kier molecular flexibility index (Phi) is 4.52. The molecule has 2 rings (SSSR count). The number of likely N-dealkylation sites (tertiary alicyclic amines) is 1. The molecule has 0 spiro atoms. The highest BCUT2D eigenvalue weighted by Gasteiger charge is 2.27. The van der Waals surface area contributed by atoms with E-state index in [1.54, 1.807) is 18.2 Å². The number of benzene rings is 1. The van der Waals surface area contributed by atoms with Crippen LogP contribution in [0.4, 0.5) is 0 Å². The van der Waals surface area contributed by atoms with Crippen molar-refractivity contribution in [2.75, 3.05) is 6.54 Å². The number of nitrogens with zero attached hydrogens (tertiary/aromatic N) is 1. The minimum absolute atomic E-state index is 0.0308. The Labute approximate surface area is 118 Å². The summed E-state index contributed by atoms with van der Waals surface area (Å²) in [6.07, 6.45) is 4.37. The summed E-state index contributed by atoms with van der Waals surface area (Å²) in [7, 11) is 0. The zero-order chi connectivity index (χ0) is 13.1. The van der Waals surface area contributed by atoms with E-state index in [2.05, 4.69) is 6.92 Å². The van der Waals surface area contributed by atoms with Crippen molar-refractivity contribution in [3.05, 3.63) is 33.8 Å². The van der Waals surface area contributed by atoms with Gasteiger partial charge in [0.05, 0.1) is 10.6 Å². The fourth-order valence-electron chi connectivity index (χ4n) is 2.51. The summed E-state index contributed by atoms with van der Waals surface area (Å²) in [4.78, 5) is 14.5. The van der Waals surface area contributed by atoms with Crippen LogP contribution >= 0.6 is 23.2 Å². The number of halogens is 2. The normalized spacial score (nSPS) is 19.9. The van der Waals surface area contributed by atoms with E-state index in [4.69, 9.17) is 23.2 Å². The molecule has 1 saturated heterocycles. The molecule has 1 atom stereocenters. The third-order valence-electron chi connectivity index (χ3n) is 3.52. The van der Waals surface area contributed by atoms with Crippen LogP contribution in [-0.4, -0.2) is 23.4 Å². The number of hydrogen-bond donors (Lipinski definition) is 0. The Morgan fingerprint density at radius 2 is 2.17 bits per heavy atom. The molecule has 0 saturated carbocycles. The van der Waals surface area contributed by atoms with Crippen molar-refractivity contribution in [3.63, 3.8) is 0 Å². The Bertz CT molecular complexity index is 447. The summed E-state index contributed by atoms with van der Waals surface area (Å²) in [6.45, 7) is 2.95. The number of carbonyl (C=O) groups excluding carboxylic acids is 1. The van der Waals surface area contributed by atoms with Gasteiger partial charge < -0.3 is 4.90 Å². The molecule has 0 aromatic heterocycles. The maximum atomic E-state index is 12.5. The monoisotopic (exact) mass is 285 g/mol. The van der Waals surface area contributed by atoms with Crippen LogP contribution < -0.4 is 0 Å². The van der Waals surface area contributed by atoms with Crippen molar-refractivity contribution in [2.45, 2.75) is 38.6 Å². The van der Waals surface area contributed by atoms with Crippen LogP contribution in [0.15, 0.2) is 18.2 Å². The van der Waals surface area contributed by atoms with E-state index in [0.717, 1.165) is 25.8 Å². The molecule has 1 amide bonds. The molecule has 1 aliphatic rings. The molecule has 98 valence electrons. The van der Waals surface area contributed by atoms with Crippen LogP contribution in [-0.2, 0) is 0 Å².